The van der Waals surface area contributed by atoms with Crippen LogP contribution in [0.3, 0.4) is 0 Å². The molecule has 3 N–H and O–H groups in total. The Hall–Kier alpha value is -2.64. The minimum atomic E-state index is 0. The second-order valence-electron chi connectivity index (χ2n) is 8.72. The second kappa shape index (κ2) is 11.0. The quantitative estimate of drug-likeness (QED) is 0.463. The zero-order chi connectivity index (χ0) is 22.7. The van der Waals surface area contributed by atoms with Gasteiger partial charge in [0.2, 0.25) is 0 Å². The monoisotopic (exact) mass is 470 g/mol. The lowest BCUT2D eigenvalue weighted by molar-refractivity contribution is 0.0683. The fraction of sp³-hybridized carbons (Fsp3) is 0.480. The third-order valence-electron chi connectivity index (χ3n) is 6.55. The van der Waals surface area contributed by atoms with Crippen LogP contribution in [0.1, 0.15) is 66.2 Å². The van der Waals surface area contributed by atoms with Crippen molar-refractivity contribution in [1.82, 2.24) is 25.4 Å². The maximum absolute atomic E-state index is 14.0. The first kappa shape index (κ1) is 25.0. The van der Waals surface area contributed by atoms with E-state index in [2.05, 4.69) is 64.8 Å². The smallest absolute Gasteiger partial charge is 0.258 e. The number of benzene rings is 1. The summed E-state index contributed by atoms with van der Waals surface area (Å²) in [5.74, 6) is 0.00589. The number of nitrogens with one attached hydrogen (secondary N) is 3. The van der Waals surface area contributed by atoms with Crippen LogP contribution in [0, 0.1) is 13.8 Å². The van der Waals surface area contributed by atoms with E-state index in [-0.39, 0.29) is 24.4 Å². The molecule has 0 aliphatic carbocycles. The Labute approximate surface area is 202 Å². The molecule has 3 heterocycles. The zero-order valence-electron chi connectivity index (χ0n) is 19.9. The maximum Gasteiger partial charge on any atom is 0.258 e. The van der Waals surface area contributed by atoms with Crippen LogP contribution in [0.2, 0.25) is 0 Å². The van der Waals surface area contributed by atoms with E-state index in [1.165, 1.54) is 16.7 Å². The molecule has 4 rings (SSSR count). The number of pyridine rings is 1. The normalized spacial score (nSPS) is 15.2. The minimum absolute atomic E-state index is 0. The molecule has 0 spiro atoms. The molecule has 178 valence electrons. The molecule has 33 heavy (non-hydrogen) atoms. The van der Waals surface area contributed by atoms with Gasteiger partial charge in [-0.3, -0.25) is 9.89 Å². The molecule has 1 fully saturated rings. The van der Waals surface area contributed by atoms with E-state index in [0.29, 0.717) is 23.8 Å². The van der Waals surface area contributed by atoms with Crippen molar-refractivity contribution in [3.05, 3.63) is 52.8 Å². The predicted molar refractivity (Wildman–Crippen MR) is 136 cm³/mol. The average molecular weight is 471 g/mol. The van der Waals surface area contributed by atoms with Crippen molar-refractivity contribution >= 4 is 35.0 Å². The van der Waals surface area contributed by atoms with Crippen molar-refractivity contribution in [3.8, 4) is 0 Å². The van der Waals surface area contributed by atoms with Gasteiger partial charge in [-0.2, -0.15) is 5.10 Å². The summed E-state index contributed by atoms with van der Waals surface area (Å²) in [5.41, 5.74) is 5.82. The number of carbonyl (C=O) groups is 1. The van der Waals surface area contributed by atoms with Gasteiger partial charge in [-0.1, -0.05) is 30.7 Å². The molecule has 2 aromatic heterocycles. The summed E-state index contributed by atoms with van der Waals surface area (Å²) in [6.45, 7) is 11.0. The topological polar surface area (TPSA) is 85.9 Å². The van der Waals surface area contributed by atoms with Crippen LogP contribution in [0.15, 0.2) is 30.6 Å². The summed E-state index contributed by atoms with van der Waals surface area (Å²) in [6.07, 6.45) is 6.35. The highest BCUT2D eigenvalue weighted by molar-refractivity contribution is 6.06. The van der Waals surface area contributed by atoms with Crippen LogP contribution in [0.5, 0.6) is 0 Å². The SMILES string of the molecule is CCC(c1ccc(C)cc1C)N(CC)C(=O)c1cnc2[nH]ncc2c1NC1CCNCC1.Cl. The van der Waals surface area contributed by atoms with Gasteiger partial charge in [-0.25, -0.2) is 4.98 Å². The van der Waals surface area contributed by atoms with E-state index in [1.807, 2.05) is 11.8 Å². The third-order valence-corrected chi connectivity index (χ3v) is 6.55. The van der Waals surface area contributed by atoms with Crippen LogP contribution in [-0.4, -0.2) is 51.7 Å². The second-order valence-corrected chi connectivity index (χ2v) is 8.72. The Balaban J connectivity index is 0.00000306. The molecule has 8 heteroatoms. The number of rotatable bonds is 7. The Morgan fingerprint density at radius 3 is 2.64 bits per heavy atom. The van der Waals surface area contributed by atoms with E-state index < -0.39 is 0 Å². The standard InChI is InChI=1S/C25H34N6O.ClH/c1-5-22(19-8-7-16(3)13-17(19)4)31(6-2)25(32)21-14-27-24-20(15-28-30-24)23(21)29-18-9-11-26-12-10-18;/h7-8,13-15,18,22,26H,5-6,9-12H2,1-4H3,(H2,27,28,29,30);1H. The lowest BCUT2D eigenvalue weighted by Gasteiger charge is -2.33. The number of H-pyrrole nitrogens is 1. The van der Waals surface area contributed by atoms with Crippen LogP contribution in [-0.2, 0) is 0 Å². The summed E-state index contributed by atoms with van der Waals surface area (Å²) in [5, 5.41) is 15.0. The fourth-order valence-corrected chi connectivity index (χ4v) is 4.86. The van der Waals surface area contributed by atoms with Crippen molar-refractivity contribution in [2.24, 2.45) is 0 Å². The largest absolute Gasteiger partial charge is 0.381 e. The average Bonchev–Trinajstić information content (AvgIpc) is 3.28. The molecular formula is C25H35ClN6O. The number of anilines is 1. The van der Waals surface area contributed by atoms with Gasteiger partial charge in [0.05, 0.1) is 28.9 Å². The lowest BCUT2D eigenvalue weighted by atomic mass is 9.95. The van der Waals surface area contributed by atoms with Gasteiger partial charge in [-0.15, -0.1) is 12.4 Å². The van der Waals surface area contributed by atoms with Gasteiger partial charge in [0.25, 0.3) is 5.91 Å². The third kappa shape index (κ3) is 5.14. The van der Waals surface area contributed by atoms with Crippen molar-refractivity contribution in [2.75, 3.05) is 25.0 Å². The number of carbonyl (C=O) groups excluding carboxylic acids is 1. The number of aromatic amines is 1. The number of nitrogens with zero attached hydrogens (tertiary/aromatic N) is 3. The molecule has 1 unspecified atom stereocenters. The summed E-state index contributed by atoms with van der Waals surface area (Å²) in [4.78, 5) is 20.4. The molecule has 0 bridgehead atoms. The lowest BCUT2D eigenvalue weighted by Crippen LogP contribution is -2.37. The Bertz CT molecular complexity index is 1090. The number of piperidine rings is 1. The van der Waals surface area contributed by atoms with Crippen LogP contribution < -0.4 is 10.6 Å². The molecule has 1 saturated heterocycles. The highest BCUT2D eigenvalue weighted by atomic mass is 35.5. The summed E-state index contributed by atoms with van der Waals surface area (Å²) in [6, 6.07) is 6.83. The first-order valence-corrected chi connectivity index (χ1v) is 11.7. The van der Waals surface area contributed by atoms with Crippen molar-refractivity contribution in [1.29, 1.82) is 0 Å². The molecular weight excluding hydrogens is 436 g/mol. The number of fused-ring (bicyclic) bond motifs is 1. The number of aromatic nitrogens is 3. The predicted octanol–water partition coefficient (Wildman–Crippen LogP) is 4.77. The summed E-state index contributed by atoms with van der Waals surface area (Å²) in [7, 11) is 0. The molecule has 3 aromatic rings. The Morgan fingerprint density at radius 2 is 1.97 bits per heavy atom. The van der Waals surface area contributed by atoms with Crippen molar-refractivity contribution < 1.29 is 4.79 Å². The number of hydrogen-bond acceptors (Lipinski definition) is 5. The fourth-order valence-electron chi connectivity index (χ4n) is 4.86. The first-order valence-electron chi connectivity index (χ1n) is 11.7. The summed E-state index contributed by atoms with van der Waals surface area (Å²) < 4.78 is 0. The van der Waals surface area contributed by atoms with E-state index >= 15 is 0 Å². The van der Waals surface area contributed by atoms with E-state index in [1.54, 1.807) is 12.4 Å². The van der Waals surface area contributed by atoms with Crippen LogP contribution in [0.25, 0.3) is 11.0 Å². The van der Waals surface area contributed by atoms with E-state index in [9.17, 15) is 4.79 Å². The van der Waals surface area contributed by atoms with Gasteiger partial charge < -0.3 is 15.5 Å². The number of aryl methyl sites for hydroxylation is 2. The number of halogens is 1. The highest BCUT2D eigenvalue weighted by Crippen LogP contribution is 2.33. The maximum atomic E-state index is 14.0. The summed E-state index contributed by atoms with van der Waals surface area (Å²) >= 11 is 0. The van der Waals surface area contributed by atoms with Gasteiger partial charge >= 0.3 is 0 Å². The number of amides is 1. The molecule has 0 radical (unpaired) electrons. The van der Waals surface area contributed by atoms with E-state index in [4.69, 9.17) is 0 Å². The van der Waals surface area contributed by atoms with Gasteiger partial charge in [0, 0.05) is 18.8 Å². The van der Waals surface area contributed by atoms with Crippen molar-refractivity contribution in [2.45, 2.75) is 59.0 Å². The van der Waals surface area contributed by atoms with Crippen LogP contribution >= 0.6 is 12.4 Å². The van der Waals surface area contributed by atoms with Gasteiger partial charge in [-0.05, 0) is 64.3 Å². The highest BCUT2D eigenvalue weighted by Gasteiger charge is 2.28. The minimum Gasteiger partial charge on any atom is -0.381 e. The number of hydrogen-bond donors (Lipinski definition) is 3. The van der Waals surface area contributed by atoms with E-state index in [0.717, 1.165) is 43.4 Å². The van der Waals surface area contributed by atoms with Gasteiger partial charge in [0.1, 0.15) is 0 Å². The van der Waals surface area contributed by atoms with Crippen molar-refractivity contribution in [3.63, 3.8) is 0 Å². The molecule has 1 aliphatic heterocycles. The Morgan fingerprint density at radius 1 is 1.21 bits per heavy atom. The molecule has 1 aliphatic rings. The zero-order valence-corrected chi connectivity index (χ0v) is 20.8. The first-order chi connectivity index (χ1) is 15.5. The molecule has 7 nitrogen and oxygen atoms in total. The molecule has 1 aromatic carbocycles. The molecule has 1 amide bonds. The molecule has 0 saturated carbocycles. The van der Waals surface area contributed by atoms with Crippen LogP contribution in [0.4, 0.5) is 5.69 Å². The van der Waals surface area contributed by atoms with Gasteiger partial charge in [0.15, 0.2) is 5.65 Å². The Kier molecular flexibility index (Phi) is 8.32. The molecule has 1 atom stereocenters.